The van der Waals surface area contributed by atoms with Crippen molar-refractivity contribution in [1.82, 2.24) is 24.1 Å². The number of rotatable bonds is 7. The number of imidazole rings is 1. The number of anilines is 1. The zero-order chi connectivity index (χ0) is 21.8. The van der Waals surface area contributed by atoms with E-state index in [1.807, 2.05) is 23.7 Å². The van der Waals surface area contributed by atoms with Crippen molar-refractivity contribution in [3.8, 4) is 0 Å². The summed E-state index contributed by atoms with van der Waals surface area (Å²) in [5.41, 5.74) is 1.92. The van der Waals surface area contributed by atoms with Gasteiger partial charge in [0.2, 0.25) is 5.95 Å². The molecule has 0 atom stereocenters. The molecule has 0 unspecified atom stereocenters. The third-order valence-corrected chi connectivity index (χ3v) is 5.38. The predicted molar refractivity (Wildman–Crippen MR) is 119 cm³/mol. The lowest BCUT2D eigenvalue weighted by atomic mass is 10.2. The molecule has 0 spiro atoms. The Balaban J connectivity index is 1.43. The summed E-state index contributed by atoms with van der Waals surface area (Å²) in [6.45, 7) is 4.55. The molecule has 4 heterocycles. The molecule has 0 aliphatic carbocycles. The third-order valence-electron chi connectivity index (χ3n) is 4.61. The highest BCUT2D eigenvalue weighted by molar-refractivity contribution is 7.14. The van der Waals surface area contributed by atoms with Crippen molar-refractivity contribution >= 4 is 34.5 Å². The van der Waals surface area contributed by atoms with E-state index in [0.29, 0.717) is 23.4 Å². The van der Waals surface area contributed by atoms with Gasteiger partial charge in [-0.2, -0.15) is 4.39 Å². The lowest BCUT2D eigenvalue weighted by molar-refractivity contribution is 0.101. The molecule has 1 N–H and O–H groups in total. The molecule has 4 rings (SSSR count). The number of nitrogens with one attached hydrogen (secondary N) is 1. The number of aromatic nitrogens is 5. The lowest BCUT2D eigenvalue weighted by Crippen LogP contribution is -2.17. The summed E-state index contributed by atoms with van der Waals surface area (Å²) in [6, 6.07) is 6.87. The summed E-state index contributed by atoms with van der Waals surface area (Å²) >= 11 is 1.35. The van der Waals surface area contributed by atoms with Gasteiger partial charge in [-0.1, -0.05) is 0 Å². The highest BCUT2D eigenvalue weighted by atomic mass is 32.1. The topological polar surface area (TPSA) is 77.6 Å². The van der Waals surface area contributed by atoms with E-state index in [0.717, 1.165) is 17.1 Å². The second kappa shape index (κ2) is 9.05. The summed E-state index contributed by atoms with van der Waals surface area (Å²) < 4.78 is 17.2. The van der Waals surface area contributed by atoms with Gasteiger partial charge in [-0.3, -0.25) is 10.1 Å². The van der Waals surface area contributed by atoms with Gasteiger partial charge in [-0.25, -0.2) is 15.0 Å². The zero-order valence-corrected chi connectivity index (χ0v) is 17.9. The van der Waals surface area contributed by atoms with E-state index < -0.39 is 5.95 Å². The van der Waals surface area contributed by atoms with E-state index in [4.69, 9.17) is 0 Å². The zero-order valence-electron chi connectivity index (χ0n) is 17.1. The molecular weight excluding hydrogens is 415 g/mol. The Bertz CT molecular complexity index is 1220. The van der Waals surface area contributed by atoms with Crippen LogP contribution in [0.4, 0.5) is 9.52 Å². The lowest BCUT2D eigenvalue weighted by Gasteiger charge is -2.09. The van der Waals surface area contributed by atoms with Crippen LogP contribution in [0, 0.1) is 5.95 Å². The number of nitrogens with zero attached hydrogens (tertiary/aromatic N) is 5. The average molecular weight is 437 g/mol. The molecule has 0 bridgehead atoms. The van der Waals surface area contributed by atoms with Gasteiger partial charge in [0.15, 0.2) is 5.13 Å². The van der Waals surface area contributed by atoms with E-state index in [-0.39, 0.29) is 5.91 Å². The summed E-state index contributed by atoms with van der Waals surface area (Å²) in [4.78, 5) is 25.1. The normalized spacial score (nSPS) is 11.5. The molecule has 0 saturated carbocycles. The van der Waals surface area contributed by atoms with Crippen LogP contribution in [0.3, 0.4) is 0 Å². The minimum Gasteiger partial charge on any atom is -0.339 e. The molecule has 0 aliphatic heterocycles. The summed E-state index contributed by atoms with van der Waals surface area (Å²) in [5.74, 6) is 0.0219. The van der Waals surface area contributed by atoms with Crippen LogP contribution in [0.1, 0.15) is 47.5 Å². The van der Waals surface area contributed by atoms with Gasteiger partial charge in [0.1, 0.15) is 11.5 Å². The number of halogens is 1. The molecule has 0 aromatic carbocycles. The Labute approximate surface area is 182 Å². The molecule has 4 aromatic heterocycles. The fraction of sp³-hybridized carbons (Fsp3) is 0.182. The van der Waals surface area contributed by atoms with Crippen LogP contribution in [0.25, 0.3) is 12.2 Å². The van der Waals surface area contributed by atoms with Crippen molar-refractivity contribution in [2.45, 2.75) is 26.4 Å². The maximum atomic E-state index is 13.3. The van der Waals surface area contributed by atoms with E-state index >= 15 is 0 Å². The molecule has 0 saturated heterocycles. The van der Waals surface area contributed by atoms with E-state index in [2.05, 4.69) is 38.7 Å². The van der Waals surface area contributed by atoms with Crippen molar-refractivity contribution in [3.63, 3.8) is 0 Å². The van der Waals surface area contributed by atoms with Crippen LogP contribution < -0.4 is 5.32 Å². The number of hydrogen-bond acceptors (Lipinski definition) is 5. The van der Waals surface area contributed by atoms with Gasteiger partial charge in [0.05, 0.1) is 5.69 Å². The quantitative estimate of drug-likeness (QED) is 0.425. The first kappa shape index (κ1) is 20.7. The fourth-order valence-corrected chi connectivity index (χ4v) is 3.80. The second-order valence-electron chi connectivity index (χ2n) is 7.16. The van der Waals surface area contributed by atoms with Crippen molar-refractivity contribution in [3.05, 3.63) is 83.2 Å². The van der Waals surface area contributed by atoms with Crippen LogP contribution in [0.2, 0.25) is 0 Å². The number of carbonyl (C=O) groups is 1. The van der Waals surface area contributed by atoms with Crippen LogP contribution >= 0.6 is 11.3 Å². The molecule has 158 valence electrons. The summed E-state index contributed by atoms with van der Waals surface area (Å²) in [7, 11) is 0. The monoisotopic (exact) mass is 436 g/mol. The first-order chi connectivity index (χ1) is 15.0. The smallest absolute Gasteiger partial charge is 0.274 e. The predicted octanol–water partition coefficient (Wildman–Crippen LogP) is 4.73. The van der Waals surface area contributed by atoms with Gasteiger partial charge in [-0.05, 0) is 55.8 Å². The molecule has 0 fully saturated rings. The van der Waals surface area contributed by atoms with Crippen LogP contribution in [-0.2, 0) is 6.54 Å². The fourth-order valence-electron chi connectivity index (χ4n) is 3.13. The Morgan fingerprint density at radius 3 is 2.90 bits per heavy atom. The Kier molecular flexibility index (Phi) is 6.03. The van der Waals surface area contributed by atoms with Gasteiger partial charge in [-0.15, -0.1) is 11.3 Å². The first-order valence-corrected chi connectivity index (χ1v) is 10.6. The Morgan fingerprint density at radius 2 is 2.10 bits per heavy atom. The number of carbonyl (C=O) groups excluding carboxylic acids is 1. The Hall–Kier alpha value is -3.59. The van der Waals surface area contributed by atoms with Crippen molar-refractivity contribution < 1.29 is 9.18 Å². The molecule has 1 amide bonds. The minimum atomic E-state index is -0.546. The van der Waals surface area contributed by atoms with Crippen molar-refractivity contribution in [2.75, 3.05) is 5.32 Å². The molecule has 0 aliphatic rings. The van der Waals surface area contributed by atoms with Crippen molar-refractivity contribution in [1.29, 1.82) is 0 Å². The molecule has 9 heteroatoms. The standard InChI is InChI=1S/C22H21FN6OS/c1-15(2)29-11-9-25-20(29)6-5-17-14-31-22(26-17)27-21(30)18-4-3-10-28(18)13-16-7-8-24-19(23)12-16/h3-12,14-15H,13H2,1-2H3,(H,26,27,30)/b6-5+. The van der Waals surface area contributed by atoms with Crippen molar-refractivity contribution in [2.24, 2.45) is 0 Å². The van der Waals surface area contributed by atoms with Gasteiger partial charge in [0, 0.05) is 42.8 Å². The largest absolute Gasteiger partial charge is 0.339 e. The van der Waals surface area contributed by atoms with E-state index in [1.165, 1.54) is 23.6 Å². The van der Waals surface area contributed by atoms with E-state index in [1.54, 1.807) is 35.2 Å². The number of amides is 1. The molecule has 4 aromatic rings. The molecule has 31 heavy (non-hydrogen) atoms. The number of hydrogen-bond donors (Lipinski definition) is 1. The minimum absolute atomic E-state index is 0.278. The third kappa shape index (κ3) is 4.95. The number of thiazole rings is 1. The first-order valence-electron chi connectivity index (χ1n) is 9.73. The van der Waals surface area contributed by atoms with Gasteiger partial charge < -0.3 is 9.13 Å². The highest BCUT2D eigenvalue weighted by Crippen LogP contribution is 2.19. The number of pyridine rings is 1. The Morgan fingerprint density at radius 1 is 1.23 bits per heavy atom. The maximum Gasteiger partial charge on any atom is 0.274 e. The van der Waals surface area contributed by atoms with Gasteiger partial charge in [0.25, 0.3) is 5.91 Å². The second-order valence-corrected chi connectivity index (χ2v) is 8.02. The molecule has 0 radical (unpaired) electrons. The van der Waals surface area contributed by atoms with Crippen LogP contribution in [0.15, 0.2) is 54.4 Å². The van der Waals surface area contributed by atoms with Crippen LogP contribution in [0.5, 0.6) is 0 Å². The SMILES string of the molecule is CC(C)n1ccnc1/C=C/c1csc(NC(=O)c2cccn2Cc2ccnc(F)c2)n1. The van der Waals surface area contributed by atoms with Crippen LogP contribution in [-0.4, -0.2) is 30.0 Å². The average Bonchev–Trinajstić information content (AvgIpc) is 3.47. The maximum absolute atomic E-state index is 13.3. The summed E-state index contributed by atoms with van der Waals surface area (Å²) in [6.07, 6.45) is 10.7. The summed E-state index contributed by atoms with van der Waals surface area (Å²) in [5, 5.41) is 5.20. The molecule has 7 nitrogen and oxygen atoms in total. The van der Waals surface area contributed by atoms with Gasteiger partial charge >= 0.3 is 0 Å². The molecular formula is C22H21FN6OS. The van der Waals surface area contributed by atoms with E-state index in [9.17, 15) is 9.18 Å². The highest BCUT2D eigenvalue weighted by Gasteiger charge is 2.13.